The normalized spacial score (nSPS) is 17.1. The molecule has 1 heterocycles. The molecule has 0 radical (unpaired) electrons. The first-order valence-electron chi connectivity index (χ1n) is 18.9. The number of nitrogens with zero attached hydrogens (tertiary/aromatic N) is 2. The molecule has 0 bridgehead atoms. The van der Waals surface area contributed by atoms with Crippen LogP contribution in [0.15, 0.2) is 140 Å². The fourth-order valence-electron chi connectivity index (χ4n) is 8.60. The second kappa shape index (κ2) is 15.0. The van der Waals surface area contributed by atoms with Gasteiger partial charge in [-0.15, -0.1) is 0 Å². The van der Waals surface area contributed by atoms with Crippen molar-refractivity contribution >= 4 is 5.57 Å². The van der Waals surface area contributed by atoms with E-state index in [1.807, 2.05) is 61.7 Å². The minimum absolute atomic E-state index is 0.00694. The van der Waals surface area contributed by atoms with E-state index in [-0.39, 0.29) is 16.7 Å². The zero-order chi connectivity index (χ0) is 38.1. The van der Waals surface area contributed by atoms with Gasteiger partial charge in [0.05, 0.1) is 5.69 Å². The van der Waals surface area contributed by atoms with E-state index in [4.69, 9.17) is 4.98 Å². The Morgan fingerprint density at radius 1 is 0.698 bits per heavy atom. The molecule has 7 rings (SSSR count). The van der Waals surface area contributed by atoms with E-state index in [0.29, 0.717) is 0 Å². The van der Waals surface area contributed by atoms with E-state index in [2.05, 4.69) is 147 Å². The van der Waals surface area contributed by atoms with E-state index < -0.39 is 0 Å². The highest BCUT2D eigenvalue weighted by Gasteiger charge is 2.39. The van der Waals surface area contributed by atoms with Crippen LogP contribution in [0.1, 0.15) is 99.0 Å². The summed E-state index contributed by atoms with van der Waals surface area (Å²) in [6, 6.07) is 28.5. The van der Waals surface area contributed by atoms with Gasteiger partial charge in [0.25, 0.3) is 0 Å². The van der Waals surface area contributed by atoms with Crippen LogP contribution in [0.3, 0.4) is 0 Å². The summed E-state index contributed by atoms with van der Waals surface area (Å²) in [5.41, 5.74) is 19.8. The molecular formula is C51H54N2. The molecule has 0 N–H and O–H groups in total. The molecule has 268 valence electrons. The van der Waals surface area contributed by atoms with Gasteiger partial charge in [-0.2, -0.15) is 0 Å². The average molecular weight is 695 g/mol. The van der Waals surface area contributed by atoms with Crippen LogP contribution in [0, 0.1) is 20.8 Å². The van der Waals surface area contributed by atoms with E-state index in [9.17, 15) is 0 Å². The number of allylic oxidation sites excluding steroid dienone is 9. The summed E-state index contributed by atoms with van der Waals surface area (Å²) in [5, 5.41) is 0. The molecule has 2 aliphatic carbocycles. The first-order valence-corrected chi connectivity index (χ1v) is 18.9. The molecule has 4 aromatic carbocycles. The lowest BCUT2D eigenvalue weighted by molar-refractivity contribution is 0.656. The molecule has 5 aromatic rings. The Balaban J connectivity index is 0.000000206. The summed E-state index contributed by atoms with van der Waals surface area (Å²) >= 11 is 0. The average Bonchev–Trinajstić information content (AvgIpc) is 3.51. The standard InChI is InChI=1S/C33H34.C18H20N2/c1-9-13-28-22(10-2)27-19-26(20(3)18-30(27)32(28,5)6)23-16-17-25-24-14-11-12-15-29(24)33(7,8)31(25)21(23)4;1-4-5-7-10-14(2)17-15(3)13-19-18(20-17)16-11-8-6-9-12-16/h9-19H,1H2,2-8H3;4-14H,1-3H3/b22-10-,28-13+;5-4-,10-7-. The van der Waals surface area contributed by atoms with E-state index in [1.165, 1.54) is 66.8 Å². The van der Waals surface area contributed by atoms with Crippen molar-refractivity contribution < 1.29 is 0 Å². The summed E-state index contributed by atoms with van der Waals surface area (Å²) in [4.78, 5) is 9.17. The maximum Gasteiger partial charge on any atom is 0.159 e. The second-order valence-electron chi connectivity index (χ2n) is 15.5. The van der Waals surface area contributed by atoms with Crippen molar-refractivity contribution in [3.63, 3.8) is 0 Å². The van der Waals surface area contributed by atoms with Crippen LogP contribution in [0.4, 0.5) is 0 Å². The maximum atomic E-state index is 4.73. The molecule has 0 spiro atoms. The number of hydrogen-bond acceptors (Lipinski definition) is 2. The van der Waals surface area contributed by atoms with E-state index in [0.717, 1.165) is 22.6 Å². The topological polar surface area (TPSA) is 25.8 Å². The van der Waals surface area contributed by atoms with Crippen molar-refractivity contribution in [1.82, 2.24) is 9.97 Å². The highest BCUT2D eigenvalue weighted by Crippen LogP contribution is 2.54. The van der Waals surface area contributed by atoms with Crippen molar-refractivity contribution in [1.29, 1.82) is 0 Å². The van der Waals surface area contributed by atoms with E-state index in [1.54, 1.807) is 0 Å². The van der Waals surface area contributed by atoms with Crippen molar-refractivity contribution in [3.8, 4) is 33.6 Å². The third kappa shape index (κ3) is 6.72. The molecule has 1 aromatic heterocycles. The highest BCUT2D eigenvalue weighted by atomic mass is 14.9. The van der Waals surface area contributed by atoms with Crippen LogP contribution >= 0.6 is 0 Å². The molecular weight excluding hydrogens is 641 g/mol. The maximum absolute atomic E-state index is 4.73. The van der Waals surface area contributed by atoms with Crippen LogP contribution in [0.5, 0.6) is 0 Å². The predicted molar refractivity (Wildman–Crippen MR) is 228 cm³/mol. The van der Waals surface area contributed by atoms with Crippen LogP contribution in [0.2, 0.25) is 0 Å². The van der Waals surface area contributed by atoms with Crippen LogP contribution in [0.25, 0.3) is 39.2 Å². The van der Waals surface area contributed by atoms with Crippen molar-refractivity contribution in [3.05, 3.63) is 184 Å². The van der Waals surface area contributed by atoms with Gasteiger partial charge in [0.15, 0.2) is 5.82 Å². The molecule has 0 fully saturated rings. The lowest BCUT2D eigenvalue weighted by Crippen LogP contribution is -2.17. The Bertz CT molecular complexity index is 2310. The van der Waals surface area contributed by atoms with Gasteiger partial charge < -0.3 is 0 Å². The first kappa shape index (κ1) is 37.4. The zero-order valence-corrected chi connectivity index (χ0v) is 33.3. The fraction of sp³-hybridized carbons (Fsp3) is 0.255. The number of rotatable bonds is 6. The van der Waals surface area contributed by atoms with Crippen molar-refractivity contribution in [2.75, 3.05) is 0 Å². The third-order valence-electron chi connectivity index (χ3n) is 11.3. The van der Waals surface area contributed by atoms with Gasteiger partial charge in [0, 0.05) is 28.5 Å². The lowest BCUT2D eigenvalue weighted by atomic mass is 9.78. The quantitative estimate of drug-likeness (QED) is 0.165. The Kier molecular flexibility index (Phi) is 10.6. The molecule has 0 amide bonds. The lowest BCUT2D eigenvalue weighted by Gasteiger charge is -2.25. The van der Waals surface area contributed by atoms with Gasteiger partial charge in [-0.05, 0) is 113 Å². The fourth-order valence-corrected chi connectivity index (χ4v) is 8.60. The molecule has 53 heavy (non-hydrogen) atoms. The molecule has 0 saturated carbocycles. The highest BCUT2D eigenvalue weighted by molar-refractivity contribution is 5.93. The smallest absolute Gasteiger partial charge is 0.159 e. The molecule has 1 unspecified atom stereocenters. The molecule has 1 atom stereocenters. The van der Waals surface area contributed by atoms with Gasteiger partial charge in [-0.25, -0.2) is 9.97 Å². The van der Waals surface area contributed by atoms with Crippen LogP contribution in [-0.4, -0.2) is 9.97 Å². The number of aromatic nitrogens is 2. The second-order valence-corrected chi connectivity index (χ2v) is 15.5. The molecule has 2 aliphatic rings. The monoisotopic (exact) mass is 694 g/mol. The van der Waals surface area contributed by atoms with Crippen molar-refractivity contribution in [2.45, 2.75) is 86.0 Å². The van der Waals surface area contributed by atoms with Gasteiger partial charge >= 0.3 is 0 Å². The third-order valence-corrected chi connectivity index (χ3v) is 11.3. The largest absolute Gasteiger partial charge is 0.236 e. The Morgan fingerprint density at radius 3 is 2.09 bits per heavy atom. The van der Waals surface area contributed by atoms with Crippen LogP contribution in [-0.2, 0) is 10.8 Å². The minimum atomic E-state index is -0.0225. The van der Waals surface area contributed by atoms with Gasteiger partial charge in [-0.1, -0.05) is 157 Å². The van der Waals surface area contributed by atoms with Gasteiger partial charge in [0.2, 0.25) is 0 Å². The SMILES string of the molecule is C/C=C\C=C/C(C)c1nc(-c2ccccc2)ncc1C.C=C/C=C1\C(=C/C)c2cc(-c3ccc4c(c3C)C(C)(C)c3ccccc3-4)c(C)cc2C1(C)C. The molecule has 2 heteroatoms. The number of fused-ring (bicyclic) bond motifs is 4. The number of hydrogen-bond donors (Lipinski definition) is 0. The summed E-state index contributed by atoms with van der Waals surface area (Å²) in [6.45, 7) is 26.3. The van der Waals surface area contributed by atoms with Crippen molar-refractivity contribution in [2.24, 2.45) is 0 Å². The summed E-state index contributed by atoms with van der Waals surface area (Å²) < 4.78 is 0. The zero-order valence-electron chi connectivity index (χ0n) is 33.3. The summed E-state index contributed by atoms with van der Waals surface area (Å²) in [5.74, 6) is 1.06. The minimum Gasteiger partial charge on any atom is -0.236 e. The van der Waals surface area contributed by atoms with Gasteiger partial charge in [0.1, 0.15) is 0 Å². The molecule has 0 aliphatic heterocycles. The van der Waals surface area contributed by atoms with Crippen LogP contribution < -0.4 is 0 Å². The summed E-state index contributed by atoms with van der Waals surface area (Å²) in [7, 11) is 0. The molecule has 0 saturated heterocycles. The number of benzene rings is 4. The number of aryl methyl sites for hydroxylation is 2. The molecule has 2 nitrogen and oxygen atoms in total. The summed E-state index contributed by atoms with van der Waals surface area (Å²) in [6.07, 6.45) is 16.5. The van der Waals surface area contributed by atoms with Gasteiger partial charge in [-0.3, -0.25) is 0 Å². The van der Waals surface area contributed by atoms with E-state index >= 15 is 0 Å². The Labute approximate surface area is 318 Å². The Hall–Kier alpha value is -5.34. The first-order chi connectivity index (χ1) is 25.4. The predicted octanol–water partition coefficient (Wildman–Crippen LogP) is 13.8. The Morgan fingerprint density at radius 2 is 1.40 bits per heavy atom.